The molecule has 0 aromatic heterocycles. The summed E-state index contributed by atoms with van der Waals surface area (Å²) in [6.45, 7) is 9.70. The minimum Gasteiger partial charge on any atom is -0.494 e. The molecular weight excluding hydrogens is 353 g/mol. The minimum atomic E-state index is -0.203. The Balaban J connectivity index is 2.03. The first-order valence-electron chi connectivity index (χ1n) is 8.56. The number of rotatable bonds is 6. The first kappa shape index (κ1) is 18.3. The van der Waals surface area contributed by atoms with Crippen molar-refractivity contribution < 1.29 is 4.74 Å². The van der Waals surface area contributed by atoms with Crippen LogP contribution in [0.5, 0.6) is 5.75 Å². The maximum Gasteiger partial charge on any atom is 0.119 e. The third-order valence-electron chi connectivity index (χ3n) is 5.04. The van der Waals surface area contributed by atoms with E-state index in [2.05, 4.69) is 37.0 Å². The van der Waals surface area contributed by atoms with E-state index < -0.39 is 0 Å². The molecule has 2 atom stereocenters. The van der Waals surface area contributed by atoms with E-state index in [0.29, 0.717) is 16.7 Å². The van der Waals surface area contributed by atoms with Crippen LogP contribution in [0.3, 0.4) is 0 Å². The molecule has 1 N–H and O–H groups in total. The average molecular weight is 376 g/mol. The number of ether oxygens (including phenoxy) is 1. The highest BCUT2D eigenvalue weighted by Crippen LogP contribution is 2.45. The predicted octanol–water partition coefficient (Wildman–Crippen LogP) is 6.07. The fourth-order valence-corrected chi connectivity index (χ4v) is 4.07. The van der Waals surface area contributed by atoms with Crippen molar-refractivity contribution in [2.24, 2.45) is 0 Å². The lowest BCUT2D eigenvalue weighted by Crippen LogP contribution is -2.39. The molecule has 2 aromatic rings. The summed E-state index contributed by atoms with van der Waals surface area (Å²) >= 11 is 12.4. The summed E-state index contributed by atoms with van der Waals surface area (Å²) in [5, 5.41) is 4.87. The summed E-state index contributed by atoms with van der Waals surface area (Å²) in [6.07, 6.45) is 2.81. The lowest BCUT2D eigenvalue weighted by atomic mass is 9.75. The predicted molar refractivity (Wildman–Crippen MR) is 106 cm³/mol. The van der Waals surface area contributed by atoms with Crippen LogP contribution in [0.2, 0.25) is 10.0 Å². The van der Waals surface area contributed by atoms with Crippen molar-refractivity contribution in [2.45, 2.75) is 38.3 Å². The Morgan fingerprint density at radius 2 is 2.04 bits per heavy atom. The third-order valence-corrected chi connectivity index (χ3v) is 5.78. The van der Waals surface area contributed by atoms with E-state index in [1.807, 2.05) is 31.2 Å². The van der Waals surface area contributed by atoms with E-state index in [9.17, 15) is 0 Å². The number of fused-ring (bicyclic) bond motifs is 1. The van der Waals surface area contributed by atoms with Crippen LogP contribution in [0.15, 0.2) is 49.1 Å². The second-order valence-corrected chi connectivity index (χ2v) is 7.37. The molecule has 1 heterocycles. The molecule has 0 radical (unpaired) electrons. The van der Waals surface area contributed by atoms with Crippen LogP contribution >= 0.6 is 23.2 Å². The van der Waals surface area contributed by atoms with E-state index in [1.54, 1.807) is 0 Å². The molecule has 25 heavy (non-hydrogen) atoms. The molecule has 0 aliphatic carbocycles. The van der Waals surface area contributed by atoms with Crippen LogP contribution in [0, 0.1) is 0 Å². The molecule has 1 aliphatic rings. The first-order chi connectivity index (χ1) is 12.0. The molecule has 0 amide bonds. The lowest BCUT2D eigenvalue weighted by molar-refractivity contribution is 0.321. The highest BCUT2D eigenvalue weighted by atomic mass is 35.5. The number of hydrogen-bond donors (Lipinski definition) is 1. The van der Waals surface area contributed by atoms with Gasteiger partial charge in [0.15, 0.2) is 0 Å². The fourth-order valence-electron chi connectivity index (χ4n) is 3.77. The van der Waals surface area contributed by atoms with Crippen LogP contribution in [0.4, 0.5) is 0 Å². The van der Waals surface area contributed by atoms with Gasteiger partial charge in [0.1, 0.15) is 5.75 Å². The van der Waals surface area contributed by atoms with Gasteiger partial charge in [0, 0.05) is 18.0 Å². The van der Waals surface area contributed by atoms with E-state index in [4.69, 9.17) is 27.9 Å². The van der Waals surface area contributed by atoms with Gasteiger partial charge in [-0.15, -0.1) is 6.58 Å². The molecule has 0 saturated heterocycles. The maximum atomic E-state index is 6.27. The van der Waals surface area contributed by atoms with Gasteiger partial charge in [-0.05, 0) is 61.2 Å². The highest BCUT2D eigenvalue weighted by molar-refractivity contribution is 6.42. The number of hydrogen-bond acceptors (Lipinski definition) is 2. The number of nitrogens with one attached hydrogen (secondary N) is 1. The number of benzene rings is 2. The molecule has 0 spiro atoms. The molecular formula is C21H23Cl2NO. The SMILES string of the molecule is C=CCC(c1ccc(Cl)c(Cl)c1)C1(C)NCc2cc(OCC)ccc21. The molecule has 2 aromatic carbocycles. The van der Waals surface area contributed by atoms with E-state index in [-0.39, 0.29) is 11.5 Å². The Morgan fingerprint density at radius 3 is 2.72 bits per heavy atom. The molecule has 3 rings (SSSR count). The zero-order valence-electron chi connectivity index (χ0n) is 14.6. The van der Waals surface area contributed by atoms with Gasteiger partial charge in [0.05, 0.1) is 16.7 Å². The van der Waals surface area contributed by atoms with Gasteiger partial charge >= 0.3 is 0 Å². The van der Waals surface area contributed by atoms with Gasteiger partial charge in [0.2, 0.25) is 0 Å². The summed E-state index contributed by atoms with van der Waals surface area (Å²) in [4.78, 5) is 0. The van der Waals surface area contributed by atoms with Crippen molar-refractivity contribution in [3.8, 4) is 5.75 Å². The van der Waals surface area contributed by atoms with Crippen molar-refractivity contribution in [3.05, 3.63) is 75.8 Å². The zero-order chi connectivity index (χ0) is 18.0. The van der Waals surface area contributed by atoms with Crippen LogP contribution < -0.4 is 10.1 Å². The summed E-state index contributed by atoms with van der Waals surface area (Å²) in [7, 11) is 0. The Bertz CT molecular complexity index is 789. The molecule has 132 valence electrons. The second-order valence-electron chi connectivity index (χ2n) is 6.56. The Kier molecular flexibility index (Phi) is 5.43. The van der Waals surface area contributed by atoms with Crippen molar-refractivity contribution >= 4 is 23.2 Å². The molecule has 1 aliphatic heterocycles. The molecule has 4 heteroatoms. The van der Waals surface area contributed by atoms with Gasteiger partial charge in [0.25, 0.3) is 0 Å². The molecule has 0 saturated carbocycles. The molecule has 2 nitrogen and oxygen atoms in total. The number of halogens is 2. The van der Waals surface area contributed by atoms with Crippen LogP contribution in [-0.2, 0) is 12.1 Å². The Morgan fingerprint density at radius 1 is 1.24 bits per heavy atom. The normalized spacial score (nSPS) is 20.2. The largest absolute Gasteiger partial charge is 0.494 e. The van der Waals surface area contributed by atoms with Gasteiger partial charge in [-0.3, -0.25) is 0 Å². The smallest absolute Gasteiger partial charge is 0.119 e. The summed E-state index contributed by atoms with van der Waals surface area (Å²) in [5.74, 6) is 1.13. The van der Waals surface area contributed by atoms with Crippen LogP contribution in [0.25, 0.3) is 0 Å². The van der Waals surface area contributed by atoms with E-state index in [1.165, 1.54) is 11.1 Å². The van der Waals surface area contributed by atoms with Crippen molar-refractivity contribution in [1.29, 1.82) is 0 Å². The van der Waals surface area contributed by atoms with E-state index >= 15 is 0 Å². The minimum absolute atomic E-state index is 0.203. The second kappa shape index (κ2) is 7.41. The van der Waals surface area contributed by atoms with Gasteiger partial charge in [-0.2, -0.15) is 0 Å². The van der Waals surface area contributed by atoms with Gasteiger partial charge in [-0.1, -0.05) is 41.4 Å². The summed E-state index contributed by atoms with van der Waals surface area (Å²) in [6, 6.07) is 12.3. The Hall–Kier alpha value is -1.48. The van der Waals surface area contributed by atoms with Crippen LogP contribution in [0.1, 0.15) is 42.9 Å². The maximum absolute atomic E-state index is 6.27. The topological polar surface area (TPSA) is 21.3 Å². The molecule has 0 bridgehead atoms. The summed E-state index contributed by atoms with van der Waals surface area (Å²) in [5.41, 5.74) is 3.54. The van der Waals surface area contributed by atoms with Crippen molar-refractivity contribution in [1.82, 2.24) is 5.32 Å². The van der Waals surface area contributed by atoms with Crippen molar-refractivity contribution in [2.75, 3.05) is 6.61 Å². The zero-order valence-corrected chi connectivity index (χ0v) is 16.1. The molecule has 2 unspecified atom stereocenters. The van der Waals surface area contributed by atoms with Crippen molar-refractivity contribution in [3.63, 3.8) is 0 Å². The molecule has 0 fully saturated rings. The average Bonchev–Trinajstić information content (AvgIpc) is 2.93. The quantitative estimate of drug-likeness (QED) is 0.618. The van der Waals surface area contributed by atoms with Gasteiger partial charge < -0.3 is 10.1 Å². The lowest BCUT2D eigenvalue weighted by Gasteiger charge is -2.36. The van der Waals surface area contributed by atoms with Crippen LogP contribution in [-0.4, -0.2) is 6.61 Å². The van der Waals surface area contributed by atoms with Gasteiger partial charge in [-0.25, -0.2) is 0 Å². The highest BCUT2D eigenvalue weighted by Gasteiger charge is 2.41. The monoisotopic (exact) mass is 375 g/mol. The number of allylic oxidation sites excluding steroid dienone is 1. The summed E-state index contributed by atoms with van der Waals surface area (Å²) < 4.78 is 5.64. The standard InChI is InChI=1S/C21H23Cl2NO/c1-4-6-17(14-7-10-19(22)20(23)12-14)21(3)18-9-8-16(25-5-2)11-15(18)13-24-21/h4,7-12,17,24H,1,5-6,13H2,2-3H3. The third kappa shape index (κ3) is 3.44. The fraction of sp³-hybridized carbons (Fsp3) is 0.333. The first-order valence-corrected chi connectivity index (χ1v) is 9.32. The van der Waals surface area contributed by atoms with E-state index in [0.717, 1.165) is 24.3 Å². The Labute approximate surface area is 159 Å².